The maximum Gasteiger partial charge on any atom is 2.00 e. The van der Waals surface area contributed by atoms with Crippen molar-refractivity contribution in [3.63, 3.8) is 0 Å². The van der Waals surface area contributed by atoms with Crippen molar-refractivity contribution in [1.82, 2.24) is 40.0 Å². The fourth-order valence-corrected chi connectivity index (χ4v) is 14.9. The zero-order valence-corrected chi connectivity index (χ0v) is 46.3. The summed E-state index contributed by atoms with van der Waals surface area (Å²) in [7, 11) is 0.0594. The molecule has 73 heavy (non-hydrogen) atoms. The maximum atomic E-state index is 13.2. The molecule has 8 saturated heterocycles. The van der Waals surface area contributed by atoms with Crippen molar-refractivity contribution < 1.29 is 93.6 Å². The number of rotatable bonds is 11. The summed E-state index contributed by atoms with van der Waals surface area (Å²) >= 11 is 0. The number of aryl methyl sites for hydroxylation is 4. The molecule has 2 amide bonds. The number of carboxylic acids is 4. The molecule has 0 radical (unpaired) electrons. The van der Waals surface area contributed by atoms with E-state index in [1.807, 2.05) is 60.7 Å². The number of benzene rings is 4. The number of nitrogens with zero attached hydrogens (tertiary/aromatic N) is 6. The van der Waals surface area contributed by atoms with Crippen LogP contribution in [0.25, 0.3) is 0 Å². The largest absolute Gasteiger partial charge is 2.00 e. The molecular formula is C50H64N8O11P2Ru2+2. The van der Waals surface area contributed by atoms with E-state index in [0.29, 0.717) is 25.7 Å². The summed E-state index contributed by atoms with van der Waals surface area (Å²) in [5.41, 5.74) is 6.56. The minimum Gasteiger partial charge on any atom is -0.543 e. The van der Waals surface area contributed by atoms with Gasteiger partial charge in [0.1, 0.15) is 37.7 Å². The second-order valence-electron chi connectivity index (χ2n) is 18.4. The van der Waals surface area contributed by atoms with Crippen LogP contribution in [0.4, 0.5) is 0 Å². The van der Waals surface area contributed by atoms with Gasteiger partial charge in [-0.15, -0.1) is 0 Å². The first kappa shape index (κ1) is 62.8. The summed E-state index contributed by atoms with van der Waals surface area (Å²) < 4.78 is 0. The Balaban J connectivity index is 0.000000319. The van der Waals surface area contributed by atoms with Crippen LogP contribution in [0.5, 0.6) is 0 Å². The molecule has 8 bridgehead atoms. The van der Waals surface area contributed by atoms with Gasteiger partial charge in [0.15, 0.2) is 0 Å². The van der Waals surface area contributed by atoms with Crippen molar-refractivity contribution in [1.29, 1.82) is 0 Å². The van der Waals surface area contributed by atoms with Crippen LogP contribution in [0.15, 0.2) is 109 Å². The fourth-order valence-electron chi connectivity index (χ4n) is 9.32. The third kappa shape index (κ3) is 21.0. The van der Waals surface area contributed by atoms with Crippen molar-refractivity contribution in [3.05, 3.63) is 143 Å². The Hall–Kier alpha value is -4.47. The molecular weight excluding hydrogens is 1150 g/mol. The van der Waals surface area contributed by atoms with Crippen LogP contribution in [0.1, 0.15) is 58.3 Å². The standard InChI is InChI=1S/C34H36N2O2.2C6H12N3P.2C2H2O4.H2O.2Ru/c1-25-13-17-27(18-14-25)21-23-31(37)35-33(29-9-5-3-6-10-29)34(30-11-7-4-8-12-30)36-32(38)24-22-28-19-15-26(2)16-20-28;2*1-7-2-9-3-8(1)5-10(4-7)6-9;2*3-1(4)2(5)6;;;/h3-20,33-34H,21-24H2,1-2H3,(H,35,37)(H,36,38);2*1-6H2;2*(H,3,4)(H,5,6);1H2;;/q;;;;;;2*+2/p-2/t33-,34-;;;;;;;/m1......./s1. The average Bonchev–Trinajstić information content (AvgIpc) is 3.33. The summed E-state index contributed by atoms with van der Waals surface area (Å²) in [6.45, 7) is 11.6. The average molecular weight is 1220 g/mol. The molecule has 0 aromatic heterocycles. The first-order chi connectivity index (χ1) is 33.6. The molecule has 23 heteroatoms. The molecule has 8 fully saturated rings. The molecule has 12 rings (SSSR count). The van der Waals surface area contributed by atoms with Gasteiger partial charge in [0.05, 0.1) is 76.0 Å². The van der Waals surface area contributed by atoms with E-state index < -0.39 is 36.0 Å². The van der Waals surface area contributed by atoms with E-state index in [1.165, 1.54) is 88.9 Å². The Kier molecular flexibility index (Phi) is 27.0. The van der Waals surface area contributed by atoms with Gasteiger partial charge >= 0.3 is 39.0 Å². The van der Waals surface area contributed by atoms with Gasteiger partial charge in [-0.1, -0.05) is 120 Å². The normalized spacial score (nSPS) is 23.4. The number of hydrogen-bond donors (Lipinski definition) is 2. The number of amides is 2. The minimum absolute atomic E-state index is 0. The van der Waals surface area contributed by atoms with Crippen LogP contribution in [-0.2, 0) is 80.6 Å². The summed E-state index contributed by atoms with van der Waals surface area (Å²) in [6, 6.07) is 35.5. The molecule has 0 spiro atoms. The molecule has 19 nitrogen and oxygen atoms in total. The van der Waals surface area contributed by atoms with E-state index >= 15 is 0 Å². The number of carbonyl (C=O) groups is 6. The molecule has 0 unspecified atom stereocenters. The molecule has 8 aliphatic rings. The molecule has 394 valence electrons. The molecule has 8 heterocycles. The van der Waals surface area contributed by atoms with Gasteiger partial charge < -0.3 is 55.7 Å². The monoisotopic (exact) mass is 1220 g/mol. The molecule has 2 atom stereocenters. The molecule has 4 aromatic rings. The number of carbonyl (C=O) groups excluding carboxylic acids is 6. The maximum absolute atomic E-state index is 13.2. The van der Waals surface area contributed by atoms with Crippen molar-refractivity contribution in [2.45, 2.75) is 51.6 Å². The molecule has 0 saturated carbocycles. The van der Waals surface area contributed by atoms with Crippen molar-refractivity contribution in [3.8, 4) is 0 Å². The molecule has 4 N–H and O–H groups in total. The Labute approximate surface area is 454 Å². The summed E-state index contributed by atoms with van der Waals surface area (Å²) in [5, 5.41) is 42.2. The van der Waals surface area contributed by atoms with E-state index in [9.17, 15) is 9.59 Å². The zero-order valence-electron chi connectivity index (χ0n) is 40.8. The first-order valence-corrected chi connectivity index (χ1v) is 27.5. The van der Waals surface area contributed by atoms with E-state index in [4.69, 9.17) is 39.6 Å². The van der Waals surface area contributed by atoms with Crippen LogP contribution in [0.3, 0.4) is 0 Å². The summed E-state index contributed by atoms with van der Waals surface area (Å²) in [6.07, 6.45) is 10.8. The molecule has 4 aromatic carbocycles. The van der Waals surface area contributed by atoms with Crippen LogP contribution < -0.4 is 31.1 Å². The number of aliphatic carboxylic acids is 4. The number of carboxylic acid groups (broad SMARTS) is 4. The number of nitrogens with one attached hydrogen (secondary N) is 2. The third-order valence-corrected chi connectivity index (χ3v) is 17.6. The third-order valence-electron chi connectivity index (χ3n) is 12.2. The zero-order chi connectivity index (χ0) is 50.2. The Morgan fingerprint density at radius 3 is 0.904 bits per heavy atom. The van der Waals surface area contributed by atoms with Gasteiger partial charge in [0.2, 0.25) is 11.8 Å². The second-order valence-corrected chi connectivity index (χ2v) is 23.3. The minimum atomic E-state index is -2.19. The van der Waals surface area contributed by atoms with Crippen LogP contribution in [-0.4, -0.2) is 148 Å². The fraction of sp³-hybridized carbons (Fsp3) is 0.400. The smallest absolute Gasteiger partial charge is 0.543 e. The van der Waals surface area contributed by atoms with Gasteiger partial charge in [-0.05, 0) is 48.9 Å². The summed E-state index contributed by atoms with van der Waals surface area (Å²) in [5.74, 6) is -8.83. The first-order valence-electron chi connectivity index (χ1n) is 23.2. The quantitative estimate of drug-likeness (QED) is 0.0984. The van der Waals surface area contributed by atoms with Gasteiger partial charge in [0, 0.05) is 28.7 Å². The second kappa shape index (κ2) is 31.4. The van der Waals surface area contributed by atoms with Crippen molar-refractivity contribution >= 4 is 51.5 Å². The van der Waals surface area contributed by atoms with E-state index in [2.05, 4.69) is 102 Å². The predicted octanol–water partition coefficient (Wildman–Crippen LogP) is -1.49. The van der Waals surface area contributed by atoms with Crippen molar-refractivity contribution in [2.75, 3.05) is 77.7 Å². The van der Waals surface area contributed by atoms with E-state index in [0.717, 1.165) is 22.3 Å². The SMILES string of the molecule is C1N2CN3CN1C[PH+](C2)C3.C1N2CN3CN1C[PH+](C2)C3.Cc1ccc(CCC(=O)N[C@H](c2ccccc2)[C@H](NC(=O)CCc2ccc(C)cc2)c2ccccc2)cc1.O.O=C([O-])C(=O)[O-].O=C([O-])C(=O)[O-].[Ru+2].[Ru+2]. The summed E-state index contributed by atoms with van der Waals surface area (Å²) in [4.78, 5) is 77.6. The van der Waals surface area contributed by atoms with Gasteiger partial charge in [-0.2, -0.15) is 0 Å². The van der Waals surface area contributed by atoms with Crippen LogP contribution in [0.2, 0.25) is 0 Å². The van der Waals surface area contributed by atoms with Crippen LogP contribution >= 0.6 is 15.8 Å². The Morgan fingerprint density at radius 2 is 0.685 bits per heavy atom. The molecule has 0 aliphatic carbocycles. The topological polar surface area (TPSA) is 270 Å². The van der Waals surface area contributed by atoms with Gasteiger partial charge in [0.25, 0.3) is 0 Å². The predicted molar refractivity (Wildman–Crippen MR) is 263 cm³/mol. The Morgan fingerprint density at radius 1 is 0.438 bits per heavy atom. The van der Waals surface area contributed by atoms with Crippen LogP contribution in [0, 0.1) is 13.8 Å². The van der Waals surface area contributed by atoms with Gasteiger partial charge in [-0.3, -0.25) is 9.59 Å². The Bertz CT molecular complexity index is 2080. The van der Waals surface area contributed by atoms with Gasteiger partial charge in [-0.25, -0.2) is 29.4 Å². The van der Waals surface area contributed by atoms with E-state index in [1.54, 1.807) is 0 Å². The molecule has 8 aliphatic heterocycles. The van der Waals surface area contributed by atoms with E-state index in [-0.39, 0.29) is 72.1 Å². The number of hydrogen-bond acceptors (Lipinski definition) is 16. The van der Waals surface area contributed by atoms with Crippen molar-refractivity contribution in [2.24, 2.45) is 0 Å².